The van der Waals surface area contributed by atoms with Crippen LogP contribution in [-0.2, 0) is 19.1 Å². The van der Waals surface area contributed by atoms with Gasteiger partial charge in [-0.2, -0.15) is 0 Å². The molecule has 7 nitrogen and oxygen atoms in total. The molecule has 1 aliphatic carbocycles. The van der Waals surface area contributed by atoms with Gasteiger partial charge in [-0.05, 0) is 31.1 Å². The first-order valence-electron chi connectivity index (χ1n) is 7.48. The highest BCUT2D eigenvalue weighted by atomic mass is 16.6. The number of amides is 1. The van der Waals surface area contributed by atoms with Crippen LogP contribution in [-0.4, -0.2) is 30.7 Å². The van der Waals surface area contributed by atoms with Crippen molar-refractivity contribution in [1.82, 2.24) is 5.32 Å². The molecule has 1 amide bonds. The van der Waals surface area contributed by atoms with Crippen LogP contribution < -0.4 is 5.32 Å². The van der Waals surface area contributed by atoms with Gasteiger partial charge in [-0.15, -0.1) is 0 Å². The van der Waals surface area contributed by atoms with Crippen LogP contribution in [0.2, 0.25) is 0 Å². The Labute approximate surface area is 135 Å². The number of carbonyl (C=O) groups is 2. The summed E-state index contributed by atoms with van der Waals surface area (Å²) >= 11 is 0. The fraction of sp³-hybridized carbons (Fsp3) is 0.562. The molecule has 1 aliphatic rings. The molecule has 0 radical (unpaired) electrons. The maximum absolute atomic E-state index is 11.5. The van der Waals surface area contributed by atoms with Gasteiger partial charge in [0.1, 0.15) is 12.5 Å². The minimum Gasteiger partial charge on any atom is -0.428 e. The lowest BCUT2D eigenvalue weighted by atomic mass is 9.71. The molecule has 1 fully saturated rings. The van der Waals surface area contributed by atoms with Gasteiger partial charge in [0.25, 0.3) is 0 Å². The van der Waals surface area contributed by atoms with Crippen LogP contribution in [0.3, 0.4) is 0 Å². The van der Waals surface area contributed by atoms with Gasteiger partial charge in [-0.1, -0.05) is 19.9 Å². The molecule has 126 valence electrons. The Hall–Kier alpha value is -2.40. The van der Waals surface area contributed by atoms with Crippen molar-refractivity contribution in [3.63, 3.8) is 0 Å². The van der Waals surface area contributed by atoms with Crippen molar-refractivity contribution in [2.24, 2.45) is 10.4 Å². The lowest BCUT2D eigenvalue weighted by molar-refractivity contribution is -0.132. The number of alkyl carbamates (subject to hydrolysis) is 1. The highest BCUT2D eigenvalue weighted by Gasteiger charge is 2.31. The number of nitrogens with zero attached hydrogens (tertiary/aromatic N) is 1. The summed E-state index contributed by atoms with van der Waals surface area (Å²) < 4.78 is 9.21. The van der Waals surface area contributed by atoms with Gasteiger partial charge in [-0.25, -0.2) is 19.4 Å². The predicted octanol–water partition coefficient (Wildman–Crippen LogP) is 2.59. The Morgan fingerprint density at radius 1 is 1.43 bits per heavy atom. The van der Waals surface area contributed by atoms with Crippen molar-refractivity contribution in [2.75, 3.05) is 6.54 Å². The smallest absolute Gasteiger partial charge is 0.412 e. The molecule has 0 bridgehead atoms. The minimum absolute atomic E-state index is 0.0284. The Morgan fingerprint density at radius 3 is 2.87 bits per heavy atom. The van der Waals surface area contributed by atoms with Gasteiger partial charge in [0, 0.05) is 12.6 Å². The molecular weight excluding hydrogens is 300 g/mol. The lowest BCUT2D eigenvalue weighted by Crippen LogP contribution is -2.33. The second kappa shape index (κ2) is 9.58. The molecule has 0 aromatic rings. The third-order valence-electron chi connectivity index (χ3n) is 3.86. The average molecular weight is 322 g/mol. The van der Waals surface area contributed by atoms with Crippen molar-refractivity contribution in [2.45, 2.75) is 45.1 Å². The van der Waals surface area contributed by atoms with Crippen LogP contribution in [0.5, 0.6) is 0 Å². The lowest BCUT2D eigenvalue weighted by Gasteiger charge is -2.36. The van der Waals surface area contributed by atoms with Crippen molar-refractivity contribution >= 4 is 18.1 Å². The van der Waals surface area contributed by atoms with E-state index in [-0.39, 0.29) is 11.5 Å². The number of esters is 1. The van der Waals surface area contributed by atoms with E-state index in [4.69, 9.17) is 4.74 Å². The highest BCUT2D eigenvalue weighted by Crippen LogP contribution is 2.39. The Balaban J connectivity index is 2.27. The fourth-order valence-electron chi connectivity index (χ4n) is 2.69. The SMILES string of the molecule is C=CC(=O)O/C=C/OC(=O)NCCC1(C)CCCC(N=C=O)C1. The van der Waals surface area contributed by atoms with Crippen LogP contribution in [0, 0.1) is 5.41 Å². The summed E-state index contributed by atoms with van der Waals surface area (Å²) in [7, 11) is 0. The maximum Gasteiger partial charge on any atom is 0.412 e. The summed E-state index contributed by atoms with van der Waals surface area (Å²) in [6, 6.07) is 0.0284. The normalized spacial score (nSPS) is 23.6. The molecule has 0 saturated heterocycles. The van der Waals surface area contributed by atoms with Gasteiger partial charge >= 0.3 is 12.1 Å². The molecule has 23 heavy (non-hydrogen) atoms. The summed E-state index contributed by atoms with van der Waals surface area (Å²) in [5, 5.41) is 2.62. The topological polar surface area (TPSA) is 94.1 Å². The largest absolute Gasteiger partial charge is 0.428 e. The first-order valence-corrected chi connectivity index (χ1v) is 7.48. The molecule has 1 saturated carbocycles. The van der Waals surface area contributed by atoms with Crippen molar-refractivity contribution in [3.8, 4) is 0 Å². The summed E-state index contributed by atoms with van der Waals surface area (Å²) in [6.07, 6.45) is 8.48. The van der Waals surface area contributed by atoms with Gasteiger partial charge < -0.3 is 14.8 Å². The molecule has 2 unspecified atom stereocenters. The zero-order valence-corrected chi connectivity index (χ0v) is 13.2. The standard InChI is InChI=1S/C16H22N2O5/c1-3-14(20)22-9-10-23-15(21)17-8-7-16(2)6-4-5-13(11-16)18-12-19/h3,9-10,13H,1,4-8,11H2,2H3,(H,17,21)/b10-9+. The third-order valence-corrected chi connectivity index (χ3v) is 3.86. The third kappa shape index (κ3) is 7.42. The van der Waals surface area contributed by atoms with E-state index in [2.05, 4.69) is 28.5 Å². The average Bonchev–Trinajstić information content (AvgIpc) is 2.51. The van der Waals surface area contributed by atoms with Crippen LogP contribution in [0.15, 0.2) is 30.2 Å². The van der Waals surface area contributed by atoms with Crippen molar-refractivity contribution in [3.05, 3.63) is 25.2 Å². The number of hydrogen-bond acceptors (Lipinski definition) is 6. The Kier molecular flexibility index (Phi) is 7.77. The summed E-state index contributed by atoms with van der Waals surface area (Å²) in [6.45, 7) is 5.80. The maximum atomic E-state index is 11.5. The monoisotopic (exact) mass is 322 g/mol. The molecule has 0 aromatic heterocycles. The highest BCUT2D eigenvalue weighted by molar-refractivity contribution is 5.81. The molecular formula is C16H22N2O5. The molecule has 1 rings (SSSR count). The van der Waals surface area contributed by atoms with E-state index < -0.39 is 12.1 Å². The number of nitrogens with one attached hydrogen (secondary N) is 1. The molecule has 2 atom stereocenters. The zero-order chi connectivity index (χ0) is 17.1. The van der Waals surface area contributed by atoms with Gasteiger partial charge in [0.15, 0.2) is 0 Å². The number of carbonyl (C=O) groups excluding carboxylic acids is 3. The summed E-state index contributed by atoms with van der Waals surface area (Å²) in [4.78, 5) is 36.4. The van der Waals surface area contributed by atoms with Crippen LogP contribution in [0.4, 0.5) is 4.79 Å². The van der Waals surface area contributed by atoms with Crippen LogP contribution in [0.1, 0.15) is 39.0 Å². The van der Waals surface area contributed by atoms with Gasteiger partial charge in [-0.3, -0.25) is 0 Å². The summed E-state index contributed by atoms with van der Waals surface area (Å²) in [5.74, 6) is -0.636. The first-order chi connectivity index (χ1) is 11.0. The van der Waals surface area contributed by atoms with Gasteiger partial charge in [0.05, 0.1) is 6.04 Å². The van der Waals surface area contributed by atoms with E-state index in [1.54, 1.807) is 6.08 Å². The second-order valence-corrected chi connectivity index (χ2v) is 5.78. The quantitative estimate of drug-likeness (QED) is 0.256. The number of aliphatic imine (C=N–C) groups is 1. The van der Waals surface area contributed by atoms with E-state index in [9.17, 15) is 14.4 Å². The molecule has 0 aromatic carbocycles. The number of rotatable bonds is 7. The van der Waals surface area contributed by atoms with E-state index >= 15 is 0 Å². The minimum atomic E-state index is -0.636. The van der Waals surface area contributed by atoms with E-state index in [1.165, 1.54) is 0 Å². The predicted molar refractivity (Wildman–Crippen MR) is 83.0 cm³/mol. The zero-order valence-electron chi connectivity index (χ0n) is 13.2. The van der Waals surface area contributed by atoms with E-state index in [0.717, 1.165) is 50.7 Å². The molecule has 0 aliphatic heterocycles. The van der Waals surface area contributed by atoms with Crippen molar-refractivity contribution < 1.29 is 23.9 Å². The first kappa shape index (κ1) is 18.6. The van der Waals surface area contributed by atoms with Crippen molar-refractivity contribution in [1.29, 1.82) is 0 Å². The molecule has 0 heterocycles. The van der Waals surface area contributed by atoms with Crippen LogP contribution >= 0.6 is 0 Å². The van der Waals surface area contributed by atoms with E-state index in [0.29, 0.717) is 6.54 Å². The number of ether oxygens (including phenoxy) is 2. The number of isocyanates is 1. The Bertz CT molecular complexity index is 511. The Morgan fingerprint density at radius 2 is 2.17 bits per heavy atom. The second-order valence-electron chi connectivity index (χ2n) is 5.78. The fourth-order valence-corrected chi connectivity index (χ4v) is 2.69. The molecule has 7 heteroatoms. The van der Waals surface area contributed by atoms with E-state index in [1.807, 2.05) is 0 Å². The number of hydrogen-bond donors (Lipinski definition) is 1. The van der Waals surface area contributed by atoms with Crippen LogP contribution in [0.25, 0.3) is 0 Å². The molecule has 1 N–H and O–H groups in total. The molecule has 0 spiro atoms. The van der Waals surface area contributed by atoms with Gasteiger partial charge in [0.2, 0.25) is 6.08 Å². The summed E-state index contributed by atoms with van der Waals surface area (Å²) in [5.41, 5.74) is 0.0336.